The predicted molar refractivity (Wildman–Crippen MR) is 82.3 cm³/mol. The maximum Gasteiger partial charge on any atom is 0.429 e. The minimum absolute atomic E-state index is 0.0354. The van der Waals surface area contributed by atoms with Gasteiger partial charge in [0.1, 0.15) is 17.4 Å². The topological polar surface area (TPSA) is 81.8 Å². The van der Waals surface area contributed by atoms with Crippen LogP contribution in [0.4, 0.5) is 26.3 Å². The zero-order valence-electron chi connectivity index (χ0n) is 15.1. The molecule has 1 fully saturated rings. The fraction of sp³-hybridized carbons (Fsp3) is 0.812. The number of ether oxygens (including phenoxy) is 2. The SMILES string of the molecule is C=C(N)C(=O)OC1CCC(CC)(OC(C)(C)C(O)(C(F)(F)F)C(F)(F)F)C1. The van der Waals surface area contributed by atoms with Gasteiger partial charge >= 0.3 is 18.3 Å². The third-order valence-electron chi connectivity index (χ3n) is 4.87. The molecule has 11 heteroatoms. The van der Waals surface area contributed by atoms with Crippen LogP contribution in [0.1, 0.15) is 46.5 Å². The molecular formula is C16H23F6NO4. The lowest BCUT2D eigenvalue weighted by molar-refractivity contribution is -0.420. The molecule has 0 saturated heterocycles. The molecule has 1 aliphatic rings. The summed E-state index contributed by atoms with van der Waals surface area (Å²) in [5.74, 6) is -0.923. The lowest BCUT2D eigenvalue weighted by Crippen LogP contribution is -2.70. The number of alkyl halides is 6. The summed E-state index contributed by atoms with van der Waals surface area (Å²) in [6.45, 7) is 5.77. The molecule has 5 nitrogen and oxygen atoms in total. The molecule has 27 heavy (non-hydrogen) atoms. The van der Waals surface area contributed by atoms with Crippen LogP contribution in [-0.2, 0) is 14.3 Å². The lowest BCUT2D eigenvalue weighted by Gasteiger charge is -2.48. The Morgan fingerprint density at radius 2 is 1.70 bits per heavy atom. The van der Waals surface area contributed by atoms with Crippen LogP contribution >= 0.6 is 0 Å². The quantitative estimate of drug-likeness (QED) is 0.401. The third kappa shape index (κ3) is 4.34. The van der Waals surface area contributed by atoms with Gasteiger partial charge in [0.25, 0.3) is 5.60 Å². The smallest absolute Gasteiger partial charge is 0.429 e. The molecule has 0 aromatic carbocycles. The number of carbonyl (C=O) groups excluding carboxylic acids is 1. The summed E-state index contributed by atoms with van der Waals surface area (Å²) in [6, 6.07) is 0. The van der Waals surface area contributed by atoms with Crippen LogP contribution in [0.5, 0.6) is 0 Å². The molecule has 2 unspecified atom stereocenters. The Hall–Kier alpha value is -1.49. The standard InChI is InChI=1S/C16H23F6NO4/c1-5-13(7-6-10(8-13)26-11(24)9(2)23)27-12(3,4)14(25,15(17,18)19)16(20,21)22/h10,25H,2,5-8,23H2,1,3-4H3. The average molecular weight is 407 g/mol. The van der Waals surface area contributed by atoms with E-state index >= 15 is 0 Å². The second kappa shape index (κ2) is 7.16. The maximum absolute atomic E-state index is 13.2. The first kappa shape index (κ1) is 23.5. The summed E-state index contributed by atoms with van der Waals surface area (Å²) >= 11 is 0. The first-order chi connectivity index (χ1) is 11.9. The van der Waals surface area contributed by atoms with Crippen molar-refractivity contribution in [2.24, 2.45) is 5.73 Å². The number of aliphatic hydroxyl groups is 1. The third-order valence-corrected chi connectivity index (χ3v) is 4.87. The van der Waals surface area contributed by atoms with Crippen molar-refractivity contribution in [2.75, 3.05) is 0 Å². The number of carbonyl (C=O) groups is 1. The van der Waals surface area contributed by atoms with Crippen LogP contribution in [-0.4, -0.2) is 46.3 Å². The normalized spacial score (nSPS) is 24.7. The van der Waals surface area contributed by atoms with Crippen LogP contribution < -0.4 is 5.73 Å². The number of halogens is 6. The number of esters is 1. The minimum Gasteiger partial charge on any atom is -0.458 e. The molecular weight excluding hydrogens is 384 g/mol. The van der Waals surface area contributed by atoms with Crippen LogP contribution in [0.2, 0.25) is 0 Å². The van der Waals surface area contributed by atoms with E-state index in [4.69, 9.17) is 15.2 Å². The summed E-state index contributed by atoms with van der Waals surface area (Å²) in [5.41, 5.74) is -4.79. The highest BCUT2D eigenvalue weighted by Gasteiger charge is 2.78. The van der Waals surface area contributed by atoms with Gasteiger partial charge in [-0.3, -0.25) is 0 Å². The van der Waals surface area contributed by atoms with Gasteiger partial charge in [0.05, 0.1) is 5.60 Å². The van der Waals surface area contributed by atoms with Crippen molar-refractivity contribution in [3.05, 3.63) is 12.3 Å². The van der Waals surface area contributed by atoms with Gasteiger partial charge in [0.15, 0.2) is 0 Å². The minimum atomic E-state index is -6.02. The summed E-state index contributed by atoms with van der Waals surface area (Å²) in [4.78, 5) is 11.5. The average Bonchev–Trinajstić information content (AvgIpc) is 2.86. The molecule has 0 bridgehead atoms. The second-order valence-electron chi connectivity index (χ2n) is 7.15. The van der Waals surface area contributed by atoms with E-state index in [2.05, 4.69) is 6.58 Å². The molecule has 0 radical (unpaired) electrons. The van der Waals surface area contributed by atoms with Gasteiger partial charge in [-0.25, -0.2) is 4.79 Å². The largest absolute Gasteiger partial charge is 0.458 e. The van der Waals surface area contributed by atoms with Gasteiger partial charge in [-0.2, -0.15) is 26.3 Å². The van der Waals surface area contributed by atoms with E-state index in [1.807, 2.05) is 0 Å². The van der Waals surface area contributed by atoms with E-state index in [-0.39, 0.29) is 31.4 Å². The van der Waals surface area contributed by atoms with Gasteiger partial charge in [-0.15, -0.1) is 0 Å². The number of hydrogen-bond acceptors (Lipinski definition) is 5. The molecule has 0 aromatic heterocycles. The van der Waals surface area contributed by atoms with Crippen molar-refractivity contribution < 1.29 is 45.7 Å². The van der Waals surface area contributed by atoms with Crippen molar-refractivity contribution in [3.8, 4) is 0 Å². The first-order valence-electron chi connectivity index (χ1n) is 8.14. The Kier molecular flexibility index (Phi) is 6.24. The highest BCUT2D eigenvalue weighted by Crippen LogP contribution is 2.53. The Morgan fingerprint density at radius 1 is 1.22 bits per heavy atom. The molecule has 0 heterocycles. The Labute approximate surface area is 152 Å². The lowest BCUT2D eigenvalue weighted by atomic mass is 9.82. The molecule has 3 N–H and O–H groups in total. The molecule has 0 amide bonds. The monoisotopic (exact) mass is 407 g/mol. The van der Waals surface area contributed by atoms with E-state index < -0.39 is 41.2 Å². The molecule has 1 saturated carbocycles. The van der Waals surface area contributed by atoms with Crippen LogP contribution in [0.15, 0.2) is 12.3 Å². The van der Waals surface area contributed by atoms with E-state index in [0.29, 0.717) is 13.8 Å². The Morgan fingerprint density at radius 3 is 2.07 bits per heavy atom. The van der Waals surface area contributed by atoms with E-state index in [1.54, 1.807) is 0 Å². The summed E-state index contributed by atoms with van der Waals surface area (Å²) in [6.07, 6.45) is -12.8. The Balaban J connectivity index is 3.14. The summed E-state index contributed by atoms with van der Waals surface area (Å²) < 4.78 is 89.5. The molecule has 2 atom stereocenters. The van der Waals surface area contributed by atoms with Gasteiger partial charge < -0.3 is 20.3 Å². The fourth-order valence-corrected chi connectivity index (χ4v) is 3.32. The zero-order valence-corrected chi connectivity index (χ0v) is 15.1. The van der Waals surface area contributed by atoms with E-state index in [1.165, 1.54) is 6.92 Å². The molecule has 158 valence electrons. The molecule has 0 aliphatic heterocycles. The Bertz CT molecular complexity index is 572. The highest BCUT2D eigenvalue weighted by molar-refractivity contribution is 5.86. The van der Waals surface area contributed by atoms with Crippen molar-refractivity contribution in [2.45, 2.75) is 81.7 Å². The molecule has 0 aromatic rings. The summed E-state index contributed by atoms with van der Waals surface area (Å²) in [7, 11) is 0. The van der Waals surface area contributed by atoms with Crippen LogP contribution in [0.25, 0.3) is 0 Å². The van der Waals surface area contributed by atoms with Crippen molar-refractivity contribution in [1.29, 1.82) is 0 Å². The number of hydrogen-bond donors (Lipinski definition) is 2. The van der Waals surface area contributed by atoms with Gasteiger partial charge in [0.2, 0.25) is 0 Å². The first-order valence-corrected chi connectivity index (χ1v) is 8.14. The van der Waals surface area contributed by atoms with E-state index in [9.17, 15) is 36.2 Å². The van der Waals surface area contributed by atoms with E-state index in [0.717, 1.165) is 0 Å². The maximum atomic E-state index is 13.2. The highest BCUT2D eigenvalue weighted by atomic mass is 19.4. The predicted octanol–water partition coefficient (Wildman–Crippen LogP) is 3.35. The van der Waals surface area contributed by atoms with Gasteiger partial charge in [-0.05, 0) is 33.1 Å². The van der Waals surface area contributed by atoms with Crippen LogP contribution in [0.3, 0.4) is 0 Å². The van der Waals surface area contributed by atoms with Crippen molar-refractivity contribution >= 4 is 5.97 Å². The second-order valence-corrected chi connectivity index (χ2v) is 7.15. The zero-order chi connectivity index (χ0) is 21.5. The van der Waals surface area contributed by atoms with Gasteiger partial charge in [-0.1, -0.05) is 13.5 Å². The number of rotatable bonds is 6. The van der Waals surface area contributed by atoms with Crippen molar-refractivity contribution in [1.82, 2.24) is 0 Å². The molecule has 0 spiro atoms. The van der Waals surface area contributed by atoms with Crippen molar-refractivity contribution in [3.63, 3.8) is 0 Å². The van der Waals surface area contributed by atoms with Crippen LogP contribution in [0, 0.1) is 0 Å². The fourth-order valence-electron chi connectivity index (χ4n) is 3.32. The molecule has 1 aliphatic carbocycles. The molecule has 1 rings (SSSR count). The summed E-state index contributed by atoms with van der Waals surface area (Å²) in [5, 5.41) is 9.68. The van der Waals surface area contributed by atoms with Gasteiger partial charge in [0, 0.05) is 6.42 Å². The number of nitrogens with two attached hydrogens (primary N) is 1.